The third-order valence-corrected chi connectivity index (χ3v) is 2.23. The Kier molecular flexibility index (Phi) is 1.09. The van der Waals surface area contributed by atoms with Gasteiger partial charge in [0.2, 0.25) is 0 Å². The van der Waals surface area contributed by atoms with Crippen LogP contribution in [0.2, 0.25) is 0 Å². The zero-order chi connectivity index (χ0) is 6.27. The number of hydrogen-bond acceptors (Lipinski definition) is 2. The van der Waals surface area contributed by atoms with Gasteiger partial charge in [0.05, 0.1) is 12.2 Å². The molecular weight excluding hydrogens is 116 g/mol. The van der Waals surface area contributed by atoms with Crippen molar-refractivity contribution in [3.8, 4) is 0 Å². The summed E-state index contributed by atoms with van der Waals surface area (Å²) in [5.74, 6) is 0.308. The van der Waals surface area contributed by atoms with Crippen molar-refractivity contribution in [2.45, 2.75) is 31.5 Å². The molecule has 2 aliphatic heterocycles. The number of carbonyl (C=O) groups is 1. The highest BCUT2D eigenvalue weighted by molar-refractivity contribution is 5.54. The fourth-order valence-electron chi connectivity index (χ4n) is 1.74. The molecule has 0 aromatic rings. The molecule has 0 amide bonds. The molecule has 2 bridgehead atoms. The lowest BCUT2D eigenvalue weighted by atomic mass is 9.82. The quantitative estimate of drug-likeness (QED) is 0.485. The molecule has 2 unspecified atom stereocenters. The van der Waals surface area contributed by atoms with Gasteiger partial charge in [0.15, 0.2) is 0 Å². The zero-order valence-corrected chi connectivity index (χ0v) is 5.25. The molecule has 2 heterocycles. The molecule has 0 aromatic heterocycles. The average Bonchev–Trinajstić information content (AvgIpc) is 1.87. The smallest absolute Gasteiger partial charge is 0.123 e. The minimum atomic E-state index is 0.308. The molecule has 2 nitrogen and oxygen atoms in total. The topological polar surface area (TPSA) is 26.3 Å². The van der Waals surface area contributed by atoms with E-state index >= 15 is 0 Å². The molecule has 0 N–H and O–H groups in total. The van der Waals surface area contributed by atoms with Crippen LogP contribution in [0.4, 0.5) is 0 Å². The van der Waals surface area contributed by atoms with Gasteiger partial charge in [-0.05, 0) is 19.3 Å². The lowest BCUT2D eigenvalue weighted by Crippen LogP contribution is -2.45. The number of carbonyl (C=O) groups excluding carboxylic acids is 1. The molecule has 3 rings (SSSR count). The van der Waals surface area contributed by atoms with Crippen LogP contribution < -0.4 is 0 Å². The normalized spacial score (nSPS) is 47.8. The summed E-state index contributed by atoms with van der Waals surface area (Å²) in [4.78, 5) is 10.3. The van der Waals surface area contributed by atoms with Crippen LogP contribution in [0.1, 0.15) is 19.3 Å². The summed E-state index contributed by atoms with van der Waals surface area (Å²) < 4.78 is 5.35. The summed E-state index contributed by atoms with van der Waals surface area (Å²) in [6, 6.07) is 0. The van der Waals surface area contributed by atoms with Crippen molar-refractivity contribution in [1.29, 1.82) is 0 Å². The molecular formula is C7H10O2. The van der Waals surface area contributed by atoms with Gasteiger partial charge in [-0.3, -0.25) is 0 Å². The van der Waals surface area contributed by atoms with Crippen molar-refractivity contribution < 1.29 is 9.53 Å². The minimum absolute atomic E-state index is 0.308. The predicted molar refractivity (Wildman–Crippen MR) is 32.1 cm³/mol. The molecule has 1 saturated carbocycles. The van der Waals surface area contributed by atoms with E-state index in [1.165, 1.54) is 6.42 Å². The van der Waals surface area contributed by atoms with Crippen LogP contribution in [0, 0.1) is 5.92 Å². The van der Waals surface area contributed by atoms with Gasteiger partial charge in [-0.15, -0.1) is 0 Å². The first-order valence-electron chi connectivity index (χ1n) is 3.49. The highest BCUT2D eigenvalue weighted by Crippen LogP contribution is 2.36. The van der Waals surface area contributed by atoms with Gasteiger partial charge in [0, 0.05) is 5.92 Å². The monoisotopic (exact) mass is 126 g/mol. The van der Waals surface area contributed by atoms with E-state index in [0.717, 1.165) is 19.1 Å². The van der Waals surface area contributed by atoms with Crippen LogP contribution in [0.15, 0.2) is 0 Å². The molecule has 50 valence electrons. The Balaban J connectivity index is 1.96. The zero-order valence-electron chi connectivity index (χ0n) is 5.25. The molecule has 0 spiro atoms. The Morgan fingerprint density at radius 2 is 1.78 bits per heavy atom. The van der Waals surface area contributed by atoms with Crippen LogP contribution in [0.5, 0.6) is 0 Å². The van der Waals surface area contributed by atoms with Crippen molar-refractivity contribution in [1.82, 2.24) is 0 Å². The van der Waals surface area contributed by atoms with Crippen LogP contribution in [-0.4, -0.2) is 18.5 Å². The second kappa shape index (κ2) is 1.81. The Morgan fingerprint density at radius 1 is 1.22 bits per heavy atom. The van der Waals surface area contributed by atoms with E-state index in [0.29, 0.717) is 18.1 Å². The van der Waals surface area contributed by atoms with Gasteiger partial charge in [-0.25, -0.2) is 0 Å². The van der Waals surface area contributed by atoms with E-state index < -0.39 is 0 Å². The summed E-state index contributed by atoms with van der Waals surface area (Å²) in [6.07, 6.45) is 5.07. The maximum absolute atomic E-state index is 10.3. The summed E-state index contributed by atoms with van der Waals surface area (Å²) in [6.45, 7) is 0. The van der Waals surface area contributed by atoms with Crippen LogP contribution in [-0.2, 0) is 9.53 Å². The lowest BCUT2D eigenvalue weighted by Gasteiger charge is -2.43. The van der Waals surface area contributed by atoms with Gasteiger partial charge < -0.3 is 9.53 Å². The molecule has 2 atom stereocenters. The largest absolute Gasteiger partial charge is 0.375 e. The molecule has 1 aliphatic carbocycles. The summed E-state index contributed by atoms with van der Waals surface area (Å²) in [7, 11) is 0. The highest BCUT2D eigenvalue weighted by Gasteiger charge is 2.38. The van der Waals surface area contributed by atoms with E-state index in [1.807, 2.05) is 0 Å². The van der Waals surface area contributed by atoms with E-state index in [4.69, 9.17) is 4.74 Å². The molecule has 9 heavy (non-hydrogen) atoms. The Labute approximate surface area is 54.2 Å². The Bertz CT molecular complexity index is 117. The number of hydrogen-bond donors (Lipinski definition) is 0. The van der Waals surface area contributed by atoms with E-state index in [9.17, 15) is 4.79 Å². The fourth-order valence-corrected chi connectivity index (χ4v) is 1.74. The van der Waals surface area contributed by atoms with Crippen molar-refractivity contribution >= 4 is 6.29 Å². The second-order valence-corrected chi connectivity index (χ2v) is 2.98. The van der Waals surface area contributed by atoms with Crippen molar-refractivity contribution in [3.05, 3.63) is 0 Å². The molecule has 0 aromatic carbocycles. The summed E-state index contributed by atoms with van der Waals surface area (Å²) >= 11 is 0. The van der Waals surface area contributed by atoms with Crippen molar-refractivity contribution in [2.24, 2.45) is 5.92 Å². The summed E-state index contributed by atoms with van der Waals surface area (Å²) in [5, 5.41) is 0. The number of ether oxygens (including phenoxy) is 1. The summed E-state index contributed by atoms with van der Waals surface area (Å²) in [5.41, 5.74) is 0. The van der Waals surface area contributed by atoms with E-state index in [2.05, 4.69) is 0 Å². The van der Waals surface area contributed by atoms with Crippen molar-refractivity contribution in [3.63, 3.8) is 0 Å². The number of fused-ring (bicyclic) bond motifs is 2. The predicted octanol–water partition coefficient (Wildman–Crippen LogP) is 0.753. The van der Waals surface area contributed by atoms with E-state index in [-0.39, 0.29) is 0 Å². The minimum Gasteiger partial charge on any atom is -0.375 e. The second-order valence-electron chi connectivity index (χ2n) is 2.98. The van der Waals surface area contributed by atoms with Crippen LogP contribution >= 0.6 is 0 Å². The van der Waals surface area contributed by atoms with E-state index in [1.54, 1.807) is 0 Å². The molecule has 0 radical (unpaired) electrons. The van der Waals surface area contributed by atoms with Gasteiger partial charge in [0.25, 0.3) is 0 Å². The Hall–Kier alpha value is -0.370. The molecule has 3 fully saturated rings. The fraction of sp³-hybridized carbons (Fsp3) is 0.857. The first-order valence-corrected chi connectivity index (χ1v) is 3.49. The maximum Gasteiger partial charge on any atom is 0.123 e. The Morgan fingerprint density at radius 3 is 2.11 bits per heavy atom. The highest BCUT2D eigenvalue weighted by atomic mass is 16.5. The van der Waals surface area contributed by atoms with Gasteiger partial charge in [-0.2, -0.15) is 0 Å². The van der Waals surface area contributed by atoms with Gasteiger partial charge in [0.1, 0.15) is 6.29 Å². The SMILES string of the molecule is O=CC1CC2CC(C1)O2. The van der Waals surface area contributed by atoms with Crippen molar-refractivity contribution in [2.75, 3.05) is 0 Å². The number of rotatable bonds is 1. The third-order valence-electron chi connectivity index (χ3n) is 2.23. The van der Waals surface area contributed by atoms with Gasteiger partial charge >= 0.3 is 0 Å². The standard InChI is InChI=1S/C7H10O2/c8-4-5-1-6-3-7(2-5)9-6/h4-7H,1-3H2. The van der Waals surface area contributed by atoms with Gasteiger partial charge in [-0.1, -0.05) is 0 Å². The maximum atomic E-state index is 10.3. The van der Waals surface area contributed by atoms with Crippen LogP contribution in [0.3, 0.4) is 0 Å². The van der Waals surface area contributed by atoms with Crippen LogP contribution in [0.25, 0.3) is 0 Å². The third kappa shape index (κ3) is 0.778. The lowest BCUT2D eigenvalue weighted by molar-refractivity contribution is -0.173. The average molecular weight is 126 g/mol. The molecule has 2 saturated heterocycles. The first-order chi connectivity index (χ1) is 4.38. The molecule has 2 heteroatoms. The first kappa shape index (κ1) is 5.42. The number of aldehydes is 1. The molecule has 3 aliphatic rings.